The maximum Gasteiger partial charge on any atom is 0.257 e. The molecule has 1 aliphatic rings. The van der Waals surface area contributed by atoms with Crippen molar-refractivity contribution in [1.82, 2.24) is 4.31 Å². The number of rotatable bonds is 5. The van der Waals surface area contributed by atoms with E-state index in [0.717, 1.165) is 0 Å². The smallest absolute Gasteiger partial charge is 0.257 e. The highest BCUT2D eigenvalue weighted by molar-refractivity contribution is 7.89. The second-order valence-corrected chi connectivity index (χ2v) is 8.72. The van der Waals surface area contributed by atoms with Crippen molar-refractivity contribution in [2.45, 2.75) is 11.8 Å². The van der Waals surface area contributed by atoms with E-state index in [0.29, 0.717) is 24.6 Å². The van der Waals surface area contributed by atoms with Crippen LogP contribution in [0.15, 0.2) is 47.4 Å². The maximum atomic E-state index is 12.8. The first kappa shape index (κ1) is 21.3. The van der Waals surface area contributed by atoms with Crippen molar-refractivity contribution in [3.63, 3.8) is 0 Å². The summed E-state index contributed by atoms with van der Waals surface area (Å²) in [7, 11) is -3.75. The number of carbonyl (C=O) groups is 2. The second kappa shape index (κ2) is 8.91. The molecule has 1 aliphatic heterocycles. The number of ether oxygens (including phenoxy) is 1. The Bertz CT molecular complexity index is 1020. The number of anilines is 2. The van der Waals surface area contributed by atoms with E-state index in [-0.39, 0.29) is 34.5 Å². The minimum atomic E-state index is -3.75. The number of benzene rings is 2. The molecule has 2 N–H and O–H groups in total. The van der Waals surface area contributed by atoms with Gasteiger partial charge < -0.3 is 15.4 Å². The fourth-order valence-electron chi connectivity index (χ4n) is 2.81. The van der Waals surface area contributed by atoms with Crippen molar-refractivity contribution in [3.05, 3.63) is 53.1 Å². The summed E-state index contributed by atoms with van der Waals surface area (Å²) in [4.78, 5) is 23.7. The molecule has 2 aromatic rings. The van der Waals surface area contributed by atoms with Crippen molar-refractivity contribution in [1.29, 1.82) is 0 Å². The van der Waals surface area contributed by atoms with Crippen LogP contribution in [0.4, 0.5) is 11.4 Å². The predicted octanol–water partition coefficient (Wildman–Crippen LogP) is 2.57. The van der Waals surface area contributed by atoms with Gasteiger partial charge in [0.15, 0.2) is 0 Å². The van der Waals surface area contributed by atoms with Crippen molar-refractivity contribution in [2.24, 2.45) is 0 Å². The molecular weight excluding hydrogens is 418 g/mol. The third kappa shape index (κ3) is 5.13. The number of morpholine rings is 1. The molecule has 1 heterocycles. The van der Waals surface area contributed by atoms with Crippen LogP contribution in [-0.4, -0.2) is 50.8 Å². The van der Waals surface area contributed by atoms with Gasteiger partial charge in [0.25, 0.3) is 5.91 Å². The summed E-state index contributed by atoms with van der Waals surface area (Å²) in [6.07, 6.45) is 0. The highest BCUT2D eigenvalue weighted by atomic mass is 35.5. The average Bonchev–Trinajstić information content (AvgIpc) is 2.70. The molecule has 0 saturated carbocycles. The quantitative estimate of drug-likeness (QED) is 0.748. The molecule has 2 aromatic carbocycles. The van der Waals surface area contributed by atoms with Gasteiger partial charge in [0.1, 0.15) is 0 Å². The molecule has 0 bridgehead atoms. The van der Waals surface area contributed by atoms with Gasteiger partial charge in [-0.2, -0.15) is 4.31 Å². The molecule has 0 radical (unpaired) electrons. The normalized spacial score (nSPS) is 15.0. The monoisotopic (exact) mass is 437 g/mol. The van der Waals surface area contributed by atoms with Gasteiger partial charge >= 0.3 is 0 Å². The standard InChI is InChI=1S/C19H20ClN3O5S/c1-13(24)21-14-2-4-15(5-3-14)22-19(25)17-12-16(6-7-18(17)20)29(26,27)23-8-10-28-11-9-23/h2-7,12H,8-11H2,1H3,(H,21,24)(H,22,25). The molecule has 1 saturated heterocycles. The first-order valence-corrected chi connectivity index (χ1v) is 10.7. The molecule has 2 amide bonds. The average molecular weight is 438 g/mol. The molecule has 0 unspecified atom stereocenters. The summed E-state index contributed by atoms with van der Waals surface area (Å²) >= 11 is 6.14. The van der Waals surface area contributed by atoms with E-state index < -0.39 is 15.9 Å². The highest BCUT2D eigenvalue weighted by Crippen LogP contribution is 2.25. The number of hydrogen-bond donors (Lipinski definition) is 2. The third-order valence-electron chi connectivity index (χ3n) is 4.25. The minimum Gasteiger partial charge on any atom is -0.379 e. The van der Waals surface area contributed by atoms with Gasteiger partial charge in [0.2, 0.25) is 15.9 Å². The van der Waals surface area contributed by atoms with Crippen molar-refractivity contribution in [2.75, 3.05) is 36.9 Å². The maximum absolute atomic E-state index is 12.8. The Hall–Kier alpha value is -2.46. The number of carbonyl (C=O) groups excluding carboxylic acids is 2. The fraction of sp³-hybridized carbons (Fsp3) is 0.263. The first-order chi connectivity index (χ1) is 13.8. The van der Waals surface area contributed by atoms with Crippen LogP contribution >= 0.6 is 11.6 Å². The molecule has 10 heteroatoms. The molecule has 3 rings (SSSR count). The lowest BCUT2D eigenvalue weighted by atomic mass is 10.2. The molecular formula is C19H20ClN3O5S. The van der Waals surface area contributed by atoms with Crippen LogP contribution in [0.3, 0.4) is 0 Å². The highest BCUT2D eigenvalue weighted by Gasteiger charge is 2.27. The Balaban J connectivity index is 1.80. The molecule has 29 heavy (non-hydrogen) atoms. The molecule has 8 nitrogen and oxygen atoms in total. The van der Waals surface area contributed by atoms with Gasteiger partial charge in [-0.25, -0.2) is 8.42 Å². The molecule has 0 aliphatic carbocycles. The van der Waals surface area contributed by atoms with Gasteiger partial charge in [-0.05, 0) is 42.5 Å². The lowest BCUT2D eigenvalue weighted by Crippen LogP contribution is -2.40. The molecule has 0 spiro atoms. The van der Waals surface area contributed by atoms with Crippen LogP contribution in [0.2, 0.25) is 5.02 Å². The lowest BCUT2D eigenvalue weighted by Gasteiger charge is -2.26. The zero-order valence-corrected chi connectivity index (χ0v) is 17.2. The lowest BCUT2D eigenvalue weighted by molar-refractivity contribution is -0.114. The van der Waals surface area contributed by atoms with E-state index in [9.17, 15) is 18.0 Å². The van der Waals surface area contributed by atoms with Gasteiger partial charge in [-0.1, -0.05) is 11.6 Å². The zero-order chi connectivity index (χ0) is 21.0. The Morgan fingerprint density at radius 1 is 1.00 bits per heavy atom. The van der Waals surface area contributed by atoms with E-state index in [1.807, 2.05) is 0 Å². The van der Waals surface area contributed by atoms with Crippen molar-refractivity contribution in [3.8, 4) is 0 Å². The van der Waals surface area contributed by atoms with Gasteiger partial charge in [-0.15, -0.1) is 0 Å². The Morgan fingerprint density at radius 2 is 1.59 bits per heavy atom. The van der Waals surface area contributed by atoms with E-state index in [2.05, 4.69) is 10.6 Å². The summed E-state index contributed by atoms with van der Waals surface area (Å²) in [6.45, 7) is 2.57. The topological polar surface area (TPSA) is 105 Å². The van der Waals surface area contributed by atoms with E-state index in [1.54, 1.807) is 24.3 Å². The number of nitrogens with zero attached hydrogens (tertiary/aromatic N) is 1. The SMILES string of the molecule is CC(=O)Nc1ccc(NC(=O)c2cc(S(=O)(=O)N3CCOCC3)ccc2Cl)cc1. The second-order valence-electron chi connectivity index (χ2n) is 6.37. The number of amides is 2. The van der Waals surface area contributed by atoms with Crippen LogP contribution in [-0.2, 0) is 19.6 Å². The minimum absolute atomic E-state index is 0.00467. The summed E-state index contributed by atoms with van der Waals surface area (Å²) in [5.74, 6) is -0.742. The molecule has 1 fully saturated rings. The first-order valence-electron chi connectivity index (χ1n) is 8.84. The number of sulfonamides is 1. The van der Waals surface area contributed by atoms with Crippen molar-refractivity contribution < 1.29 is 22.7 Å². The van der Waals surface area contributed by atoms with Crippen LogP contribution in [0.25, 0.3) is 0 Å². The van der Waals surface area contributed by atoms with Crippen LogP contribution < -0.4 is 10.6 Å². The third-order valence-corrected chi connectivity index (χ3v) is 6.48. The van der Waals surface area contributed by atoms with Crippen LogP contribution in [0, 0.1) is 0 Å². The number of halogens is 1. The van der Waals surface area contributed by atoms with Gasteiger partial charge in [0.05, 0.1) is 28.7 Å². The van der Waals surface area contributed by atoms with E-state index in [4.69, 9.17) is 16.3 Å². The molecule has 0 aromatic heterocycles. The Kier molecular flexibility index (Phi) is 6.53. The van der Waals surface area contributed by atoms with Gasteiger partial charge in [0, 0.05) is 31.4 Å². The van der Waals surface area contributed by atoms with Crippen LogP contribution in [0.5, 0.6) is 0 Å². The summed E-state index contributed by atoms with van der Waals surface area (Å²) in [5, 5.41) is 5.44. The van der Waals surface area contributed by atoms with E-state index in [1.165, 1.54) is 29.4 Å². The Morgan fingerprint density at radius 3 is 2.17 bits per heavy atom. The Labute approximate surface area is 173 Å². The van der Waals surface area contributed by atoms with Crippen LogP contribution in [0.1, 0.15) is 17.3 Å². The summed E-state index contributed by atoms with van der Waals surface area (Å²) < 4.78 is 32.2. The predicted molar refractivity (Wildman–Crippen MR) is 110 cm³/mol. The molecule has 0 atom stereocenters. The zero-order valence-electron chi connectivity index (χ0n) is 15.6. The largest absolute Gasteiger partial charge is 0.379 e. The number of hydrogen-bond acceptors (Lipinski definition) is 5. The summed E-state index contributed by atoms with van der Waals surface area (Å²) in [6, 6.07) is 10.6. The number of nitrogens with one attached hydrogen (secondary N) is 2. The van der Waals surface area contributed by atoms with Gasteiger partial charge in [-0.3, -0.25) is 9.59 Å². The molecule has 154 valence electrons. The van der Waals surface area contributed by atoms with Crippen molar-refractivity contribution >= 4 is 44.8 Å². The van der Waals surface area contributed by atoms with E-state index >= 15 is 0 Å². The fourth-order valence-corrected chi connectivity index (χ4v) is 4.45. The summed E-state index contributed by atoms with van der Waals surface area (Å²) in [5.41, 5.74) is 1.11.